The van der Waals surface area contributed by atoms with Crippen molar-refractivity contribution >= 4 is 10.0 Å². The number of aromatic amines is 1. The Morgan fingerprint density at radius 2 is 2.35 bits per heavy atom. The van der Waals surface area contributed by atoms with Crippen LogP contribution < -0.4 is 10.0 Å². The van der Waals surface area contributed by atoms with E-state index in [1.807, 2.05) is 0 Å². The molecule has 1 aliphatic rings. The molecule has 1 fully saturated rings. The Balaban J connectivity index is 1.79. The Bertz CT molecular complexity index is 439. The second-order valence-corrected chi connectivity index (χ2v) is 6.58. The van der Waals surface area contributed by atoms with Crippen LogP contribution in [0.3, 0.4) is 0 Å². The predicted molar refractivity (Wildman–Crippen MR) is 64.8 cm³/mol. The first kappa shape index (κ1) is 12.5. The maximum atomic E-state index is 11.9. The van der Waals surface area contributed by atoms with Crippen LogP contribution in [-0.2, 0) is 16.6 Å². The van der Waals surface area contributed by atoms with Gasteiger partial charge in [-0.1, -0.05) is 0 Å². The maximum absolute atomic E-state index is 11.9. The first-order chi connectivity index (χ1) is 8.08. The lowest BCUT2D eigenvalue weighted by molar-refractivity contribution is 0.555. The van der Waals surface area contributed by atoms with E-state index >= 15 is 0 Å². The summed E-state index contributed by atoms with van der Waals surface area (Å²) in [4.78, 5) is 6.82. The number of aromatic nitrogens is 2. The summed E-state index contributed by atoms with van der Waals surface area (Å²) in [5.74, 6) is 0.621. The van der Waals surface area contributed by atoms with Crippen molar-refractivity contribution in [1.29, 1.82) is 0 Å². The monoisotopic (exact) mass is 258 g/mol. The highest BCUT2D eigenvalue weighted by Crippen LogP contribution is 2.18. The quantitative estimate of drug-likeness (QED) is 0.641. The van der Waals surface area contributed by atoms with Gasteiger partial charge in [-0.15, -0.1) is 0 Å². The Morgan fingerprint density at radius 3 is 2.94 bits per heavy atom. The average molecular weight is 258 g/mol. The smallest absolute Gasteiger partial charge is 0.215 e. The van der Waals surface area contributed by atoms with Crippen molar-refractivity contribution < 1.29 is 8.42 Å². The van der Waals surface area contributed by atoms with E-state index in [1.54, 1.807) is 19.3 Å². The van der Waals surface area contributed by atoms with Gasteiger partial charge in [0, 0.05) is 25.0 Å². The lowest BCUT2D eigenvalue weighted by atomic mass is 10.4. The topological polar surface area (TPSA) is 86.9 Å². The van der Waals surface area contributed by atoms with Crippen molar-refractivity contribution in [2.45, 2.75) is 37.6 Å². The Morgan fingerprint density at radius 1 is 1.59 bits per heavy atom. The molecule has 0 radical (unpaired) electrons. The highest BCUT2D eigenvalue weighted by molar-refractivity contribution is 7.90. The summed E-state index contributed by atoms with van der Waals surface area (Å²) in [6, 6.07) is 0.526. The van der Waals surface area contributed by atoms with Crippen molar-refractivity contribution in [3.63, 3.8) is 0 Å². The summed E-state index contributed by atoms with van der Waals surface area (Å²) in [7, 11) is -3.28. The molecule has 0 spiro atoms. The number of H-pyrrole nitrogens is 1. The molecule has 0 saturated heterocycles. The van der Waals surface area contributed by atoms with Crippen molar-refractivity contribution in [2.24, 2.45) is 0 Å². The van der Waals surface area contributed by atoms with Gasteiger partial charge in [0.05, 0.1) is 11.8 Å². The molecule has 1 aliphatic carbocycles. The molecule has 0 aromatic carbocycles. The molecular formula is C10H18N4O2S. The summed E-state index contributed by atoms with van der Waals surface area (Å²) in [6.07, 6.45) is 5.59. The zero-order valence-electron chi connectivity index (χ0n) is 9.81. The molecule has 0 aliphatic heterocycles. The van der Waals surface area contributed by atoms with Crippen LogP contribution in [0.25, 0.3) is 0 Å². The molecule has 0 bridgehead atoms. The molecule has 0 amide bonds. The van der Waals surface area contributed by atoms with Crippen LogP contribution in [0.15, 0.2) is 12.4 Å². The summed E-state index contributed by atoms with van der Waals surface area (Å²) in [5.41, 5.74) is 0. The summed E-state index contributed by atoms with van der Waals surface area (Å²) in [6.45, 7) is 2.42. The molecule has 1 atom stereocenters. The van der Waals surface area contributed by atoms with Gasteiger partial charge in [-0.25, -0.2) is 18.1 Å². The minimum atomic E-state index is -3.28. The number of sulfonamides is 1. The van der Waals surface area contributed by atoms with E-state index in [0.29, 0.717) is 18.4 Å². The van der Waals surface area contributed by atoms with E-state index in [1.165, 1.54) is 0 Å². The molecule has 3 N–H and O–H groups in total. The third kappa shape index (κ3) is 3.79. The van der Waals surface area contributed by atoms with Crippen molar-refractivity contribution in [3.8, 4) is 0 Å². The lowest BCUT2D eigenvalue weighted by Crippen LogP contribution is -2.39. The summed E-state index contributed by atoms with van der Waals surface area (Å²) < 4.78 is 26.3. The zero-order valence-corrected chi connectivity index (χ0v) is 10.6. The van der Waals surface area contributed by atoms with Crippen LogP contribution in [0.5, 0.6) is 0 Å². The zero-order chi connectivity index (χ0) is 12.3. The van der Waals surface area contributed by atoms with Gasteiger partial charge in [-0.3, -0.25) is 0 Å². The number of nitrogens with one attached hydrogen (secondary N) is 3. The van der Waals surface area contributed by atoms with E-state index in [0.717, 1.165) is 12.8 Å². The maximum Gasteiger partial charge on any atom is 0.215 e. The fourth-order valence-electron chi connectivity index (χ4n) is 1.44. The van der Waals surface area contributed by atoms with E-state index in [4.69, 9.17) is 0 Å². The first-order valence-corrected chi connectivity index (χ1v) is 7.32. The molecule has 1 saturated carbocycles. The first-order valence-electron chi connectivity index (χ1n) is 5.78. The molecule has 2 rings (SSSR count). The fourth-order valence-corrected chi connectivity index (χ4v) is 2.37. The number of hydrogen-bond acceptors (Lipinski definition) is 4. The summed E-state index contributed by atoms with van der Waals surface area (Å²) >= 11 is 0. The predicted octanol–water partition coefficient (Wildman–Crippen LogP) is -0.0304. The van der Waals surface area contributed by atoms with Gasteiger partial charge in [-0.2, -0.15) is 0 Å². The van der Waals surface area contributed by atoms with Crippen LogP contribution >= 0.6 is 0 Å². The van der Waals surface area contributed by atoms with Gasteiger partial charge >= 0.3 is 0 Å². The molecule has 1 aromatic rings. The average Bonchev–Trinajstić information content (AvgIpc) is 2.97. The SMILES string of the molecule is CC(CNC1CC1)S(=O)(=O)NCc1ncc[nH]1. The highest BCUT2D eigenvalue weighted by Gasteiger charge is 2.25. The largest absolute Gasteiger partial charge is 0.347 e. The van der Waals surface area contributed by atoms with Crippen LogP contribution in [0.2, 0.25) is 0 Å². The van der Waals surface area contributed by atoms with Gasteiger partial charge in [-0.05, 0) is 19.8 Å². The minimum Gasteiger partial charge on any atom is -0.347 e. The van der Waals surface area contributed by atoms with E-state index < -0.39 is 15.3 Å². The van der Waals surface area contributed by atoms with Gasteiger partial charge in [0.15, 0.2) is 0 Å². The fraction of sp³-hybridized carbons (Fsp3) is 0.700. The van der Waals surface area contributed by atoms with Gasteiger partial charge in [0.1, 0.15) is 5.82 Å². The Labute approximate surface area is 101 Å². The second-order valence-electron chi connectivity index (χ2n) is 4.40. The van der Waals surface area contributed by atoms with Crippen molar-refractivity contribution in [3.05, 3.63) is 18.2 Å². The van der Waals surface area contributed by atoms with Gasteiger partial charge in [0.25, 0.3) is 0 Å². The van der Waals surface area contributed by atoms with Crippen LogP contribution in [-0.4, -0.2) is 36.2 Å². The molecule has 6 nitrogen and oxygen atoms in total. The summed E-state index contributed by atoms with van der Waals surface area (Å²) in [5, 5.41) is 2.78. The Kier molecular flexibility index (Phi) is 3.80. The molecule has 1 aromatic heterocycles. The van der Waals surface area contributed by atoms with E-state index in [2.05, 4.69) is 20.0 Å². The molecular weight excluding hydrogens is 240 g/mol. The molecule has 7 heteroatoms. The normalized spacial score (nSPS) is 18.2. The Hall–Kier alpha value is -0.920. The number of rotatable bonds is 7. The molecule has 17 heavy (non-hydrogen) atoms. The number of nitrogens with zero attached hydrogens (tertiary/aromatic N) is 1. The van der Waals surface area contributed by atoms with E-state index in [9.17, 15) is 8.42 Å². The van der Waals surface area contributed by atoms with Crippen LogP contribution in [0, 0.1) is 0 Å². The van der Waals surface area contributed by atoms with E-state index in [-0.39, 0.29) is 6.54 Å². The van der Waals surface area contributed by atoms with Crippen LogP contribution in [0.4, 0.5) is 0 Å². The van der Waals surface area contributed by atoms with Crippen LogP contribution in [0.1, 0.15) is 25.6 Å². The lowest BCUT2D eigenvalue weighted by Gasteiger charge is -2.13. The third-order valence-electron chi connectivity index (χ3n) is 2.80. The van der Waals surface area contributed by atoms with Gasteiger partial charge < -0.3 is 10.3 Å². The minimum absolute atomic E-state index is 0.211. The van der Waals surface area contributed by atoms with Crippen molar-refractivity contribution in [2.75, 3.05) is 6.54 Å². The number of imidazole rings is 1. The van der Waals surface area contributed by atoms with Crippen molar-refractivity contribution in [1.82, 2.24) is 20.0 Å². The standard InChI is InChI=1S/C10H18N4O2S/c1-8(6-13-9-2-3-9)17(15,16)14-7-10-11-4-5-12-10/h4-5,8-9,13-14H,2-3,6-7H2,1H3,(H,11,12). The number of hydrogen-bond donors (Lipinski definition) is 3. The molecule has 1 unspecified atom stereocenters. The third-order valence-corrected chi connectivity index (χ3v) is 4.57. The van der Waals surface area contributed by atoms with Gasteiger partial charge in [0.2, 0.25) is 10.0 Å². The second kappa shape index (κ2) is 5.16. The highest BCUT2D eigenvalue weighted by atomic mass is 32.2. The molecule has 1 heterocycles. The molecule has 96 valence electrons.